The lowest BCUT2D eigenvalue weighted by Crippen LogP contribution is -2.40. The lowest BCUT2D eigenvalue weighted by molar-refractivity contribution is -0.193. The van der Waals surface area contributed by atoms with Crippen molar-refractivity contribution in [1.29, 1.82) is 0 Å². The number of aromatic nitrogens is 3. The lowest BCUT2D eigenvalue weighted by Gasteiger charge is -2.33. The van der Waals surface area contributed by atoms with Crippen LogP contribution in [0.2, 0.25) is 0 Å². The predicted molar refractivity (Wildman–Crippen MR) is 124 cm³/mol. The summed E-state index contributed by atoms with van der Waals surface area (Å²) in [5.74, 6) is -3.19. The normalized spacial score (nSPS) is 15.6. The van der Waals surface area contributed by atoms with Crippen molar-refractivity contribution in [3.05, 3.63) is 65.9 Å². The minimum Gasteiger partial charge on any atom is -0.475 e. The van der Waals surface area contributed by atoms with Gasteiger partial charge in [0, 0.05) is 31.0 Å². The van der Waals surface area contributed by atoms with Crippen LogP contribution >= 0.6 is 0 Å². The molecule has 0 bridgehead atoms. The van der Waals surface area contributed by atoms with E-state index in [9.17, 15) is 26.3 Å². The quantitative estimate of drug-likeness (QED) is 0.370. The molecule has 0 spiro atoms. The highest BCUT2D eigenvalue weighted by atomic mass is 19.4. The van der Waals surface area contributed by atoms with Gasteiger partial charge in [0.15, 0.2) is 0 Å². The highest BCUT2D eigenvalue weighted by Gasteiger charge is 2.38. The fourth-order valence-electron chi connectivity index (χ4n) is 3.04. The Labute approximate surface area is 222 Å². The third kappa shape index (κ3) is 10.9. The van der Waals surface area contributed by atoms with Crippen molar-refractivity contribution in [2.45, 2.75) is 31.9 Å². The van der Waals surface area contributed by atoms with Gasteiger partial charge in [-0.05, 0) is 25.1 Å². The molecule has 1 unspecified atom stereocenters. The molecule has 2 aromatic heterocycles. The Morgan fingerprint density at radius 3 is 2.17 bits per heavy atom. The SMILES string of the molecule is Cc1cc(CN2CCOCC2c2nccc(Nc3ccccc3)n2)no1.O=C(O)C(F)(F)F.O=C(O)C(F)(F)F. The van der Waals surface area contributed by atoms with Crippen molar-refractivity contribution in [2.24, 2.45) is 0 Å². The van der Waals surface area contributed by atoms with Gasteiger partial charge in [-0.3, -0.25) is 4.90 Å². The van der Waals surface area contributed by atoms with E-state index in [1.165, 1.54) is 0 Å². The number of carboxylic acids is 2. The Bertz CT molecular complexity index is 1210. The van der Waals surface area contributed by atoms with Gasteiger partial charge < -0.3 is 24.8 Å². The van der Waals surface area contributed by atoms with E-state index < -0.39 is 24.3 Å². The Kier molecular flexibility index (Phi) is 11.4. The molecule has 40 heavy (non-hydrogen) atoms. The number of carboxylic acid groups (broad SMARTS) is 2. The van der Waals surface area contributed by atoms with E-state index >= 15 is 0 Å². The second kappa shape index (κ2) is 14.2. The molecule has 3 heterocycles. The van der Waals surface area contributed by atoms with Crippen LogP contribution in [0.3, 0.4) is 0 Å². The number of alkyl halides is 6. The summed E-state index contributed by atoms with van der Waals surface area (Å²) in [5, 5.41) is 21.7. The van der Waals surface area contributed by atoms with E-state index in [2.05, 4.69) is 20.4 Å². The first kappa shape index (κ1) is 32.0. The number of ether oxygens (including phenoxy) is 1. The number of nitrogens with one attached hydrogen (secondary N) is 1. The smallest absolute Gasteiger partial charge is 0.475 e. The molecule has 1 aromatic carbocycles. The number of para-hydroxylation sites is 1. The monoisotopic (exact) mass is 579 g/mol. The van der Waals surface area contributed by atoms with Gasteiger partial charge in [0.25, 0.3) is 0 Å². The molecule has 11 nitrogen and oxygen atoms in total. The number of anilines is 2. The highest BCUT2D eigenvalue weighted by molar-refractivity contribution is 5.73. The third-order valence-corrected chi connectivity index (χ3v) is 4.78. The van der Waals surface area contributed by atoms with Crippen LogP contribution < -0.4 is 5.32 Å². The summed E-state index contributed by atoms with van der Waals surface area (Å²) in [5.41, 5.74) is 1.90. The van der Waals surface area contributed by atoms with Gasteiger partial charge in [-0.15, -0.1) is 0 Å². The molecule has 1 fully saturated rings. The molecule has 0 saturated carbocycles. The zero-order valence-corrected chi connectivity index (χ0v) is 20.6. The summed E-state index contributed by atoms with van der Waals surface area (Å²) >= 11 is 0. The average molecular weight is 579 g/mol. The van der Waals surface area contributed by atoms with Crippen LogP contribution in [0.5, 0.6) is 0 Å². The molecular formula is C23H23F6N5O6. The van der Waals surface area contributed by atoms with E-state index in [-0.39, 0.29) is 6.04 Å². The Morgan fingerprint density at radius 2 is 1.65 bits per heavy atom. The van der Waals surface area contributed by atoms with E-state index in [0.29, 0.717) is 19.8 Å². The van der Waals surface area contributed by atoms with Crippen molar-refractivity contribution < 1.29 is 55.4 Å². The van der Waals surface area contributed by atoms with Crippen LogP contribution in [0.25, 0.3) is 0 Å². The molecular weight excluding hydrogens is 556 g/mol. The zero-order valence-electron chi connectivity index (χ0n) is 20.6. The molecule has 17 heteroatoms. The van der Waals surface area contributed by atoms with Crippen molar-refractivity contribution in [3.8, 4) is 0 Å². The number of carbonyl (C=O) groups is 2. The number of rotatable bonds is 5. The van der Waals surface area contributed by atoms with Gasteiger partial charge in [0.05, 0.1) is 24.9 Å². The molecule has 0 aliphatic carbocycles. The van der Waals surface area contributed by atoms with Gasteiger partial charge in [0.2, 0.25) is 0 Å². The number of nitrogens with zero attached hydrogens (tertiary/aromatic N) is 4. The van der Waals surface area contributed by atoms with Crippen molar-refractivity contribution >= 4 is 23.4 Å². The fourth-order valence-corrected chi connectivity index (χ4v) is 3.04. The van der Waals surface area contributed by atoms with Gasteiger partial charge in [0.1, 0.15) is 17.4 Å². The van der Waals surface area contributed by atoms with Crippen LogP contribution in [0.1, 0.15) is 23.3 Å². The first-order valence-corrected chi connectivity index (χ1v) is 11.2. The highest BCUT2D eigenvalue weighted by Crippen LogP contribution is 2.25. The molecule has 218 valence electrons. The van der Waals surface area contributed by atoms with Crippen LogP contribution in [0, 0.1) is 6.92 Å². The number of halogens is 6. The topological polar surface area (TPSA) is 151 Å². The number of hydrogen-bond acceptors (Lipinski definition) is 9. The lowest BCUT2D eigenvalue weighted by atomic mass is 10.2. The molecule has 1 aliphatic rings. The Balaban J connectivity index is 0.000000333. The van der Waals surface area contributed by atoms with Crippen LogP contribution in [0.4, 0.5) is 37.8 Å². The van der Waals surface area contributed by atoms with E-state index in [4.69, 9.17) is 34.0 Å². The van der Waals surface area contributed by atoms with Crippen LogP contribution in [-0.2, 0) is 20.9 Å². The summed E-state index contributed by atoms with van der Waals surface area (Å²) in [7, 11) is 0. The summed E-state index contributed by atoms with van der Waals surface area (Å²) in [6.45, 7) is 4.64. The van der Waals surface area contributed by atoms with E-state index in [1.54, 1.807) is 6.20 Å². The van der Waals surface area contributed by atoms with Gasteiger partial charge in [-0.1, -0.05) is 23.4 Å². The molecule has 1 saturated heterocycles. The number of hydrogen-bond donors (Lipinski definition) is 3. The summed E-state index contributed by atoms with van der Waals surface area (Å²) in [6.07, 6.45) is -8.39. The number of aliphatic carboxylic acids is 2. The van der Waals surface area contributed by atoms with Crippen molar-refractivity contribution in [2.75, 3.05) is 25.1 Å². The molecule has 4 rings (SSSR count). The van der Waals surface area contributed by atoms with E-state index in [1.807, 2.05) is 49.4 Å². The van der Waals surface area contributed by atoms with Crippen molar-refractivity contribution in [1.82, 2.24) is 20.0 Å². The number of aryl methyl sites for hydroxylation is 1. The second-order valence-electron chi connectivity index (χ2n) is 7.89. The molecule has 1 aliphatic heterocycles. The first-order chi connectivity index (χ1) is 18.7. The summed E-state index contributed by atoms with van der Waals surface area (Å²) in [6, 6.07) is 13.8. The van der Waals surface area contributed by atoms with Gasteiger partial charge >= 0.3 is 24.3 Å². The maximum Gasteiger partial charge on any atom is 0.490 e. The predicted octanol–water partition coefficient (Wildman–Crippen LogP) is 4.36. The molecule has 0 amide bonds. The van der Waals surface area contributed by atoms with Gasteiger partial charge in [-0.2, -0.15) is 26.3 Å². The zero-order chi connectivity index (χ0) is 29.9. The third-order valence-electron chi connectivity index (χ3n) is 4.78. The van der Waals surface area contributed by atoms with Crippen LogP contribution in [-0.4, -0.2) is 74.3 Å². The Hall–Kier alpha value is -4.25. The molecule has 3 N–H and O–H groups in total. The number of benzene rings is 1. The largest absolute Gasteiger partial charge is 0.490 e. The number of morpholine rings is 1. The maximum atomic E-state index is 10.6. The molecule has 1 atom stereocenters. The molecule has 3 aromatic rings. The summed E-state index contributed by atoms with van der Waals surface area (Å²) in [4.78, 5) is 29.3. The fraction of sp³-hybridized carbons (Fsp3) is 0.348. The Morgan fingerprint density at radius 1 is 1.05 bits per heavy atom. The van der Waals surface area contributed by atoms with Gasteiger partial charge in [-0.25, -0.2) is 19.6 Å². The summed E-state index contributed by atoms with van der Waals surface area (Å²) < 4.78 is 74.3. The molecule has 0 radical (unpaired) electrons. The second-order valence-corrected chi connectivity index (χ2v) is 7.89. The standard InChI is InChI=1S/C19H21N5O2.2C2HF3O2/c1-14-11-16(23-26-14)12-24-9-10-25-13-17(24)19-20-8-7-18(22-19)21-15-5-3-2-4-6-15;2*3-2(4,5)1(6)7/h2-8,11,17H,9-10,12-13H2,1H3,(H,20,21,22);2*(H,6,7). The average Bonchev–Trinajstić information content (AvgIpc) is 3.29. The van der Waals surface area contributed by atoms with Crippen LogP contribution in [0.15, 0.2) is 53.2 Å². The van der Waals surface area contributed by atoms with Crippen molar-refractivity contribution in [3.63, 3.8) is 0 Å². The minimum absolute atomic E-state index is 0.0155. The maximum absolute atomic E-state index is 10.6. The minimum atomic E-state index is -5.08. The first-order valence-electron chi connectivity index (χ1n) is 11.2. The van der Waals surface area contributed by atoms with E-state index in [0.717, 1.165) is 35.3 Å².